The van der Waals surface area contributed by atoms with Gasteiger partial charge in [0, 0.05) is 68.1 Å². The molecular formula is C45H59F2N9O6. The number of piperidine rings is 3. The number of hydrogen-bond donors (Lipinski definition) is 4. The van der Waals surface area contributed by atoms with E-state index in [-0.39, 0.29) is 46.8 Å². The zero-order valence-electron chi connectivity index (χ0n) is 36.3. The van der Waals surface area contributed by atoms with E-state index in [9.17, 15) is 28.0 Å². The number of carbonyl (C=O) groups is 4. The summed E-state index contributed by atoms with van der Waals surface area (Å²) >= 11 is 0. The van der Waals surface area contributed by atoms with Crippen molar-refractivity contribution in [3.05, 3.63) is 59.0 Å². The third-order valence-electron chi connectivity index (χ3n) is 13.8. The molecular weight excluding hydrogens is 801 g/mol. The quantitative estimate of drug-likeness (QED) is 0.236. The number of carbonyl (C=O) groups excluding carboxylic acids is 4. The number of imide groups is 1. The van der Waals surface area contributed by atoms with Crippen LogP contribution in [0.3, 0.4) is 0 Å². The van der Waals surface area contributed by atoms with Gasteiger partial charge in [0.05, 0.1) is 38.6 Å². The van der Waals surface area contributed by atoms with Crippen LogP contribution >= 0.6 is 0 Å². The maximum atomic E-state index is 14.8. The lowest BCUT2D eigenvalue weighted by atomic mass is 9.60. The van der Waals surface area contributed by atoms with Crippen LogP contribution in [-0.2, 0) is 14.4 Å². The highest BCUT2D eigenvalue weighted by Gasteiger charge is 2.49. The van der Waals surface area contributed by atoms with Crippen LogP contribution in [0, 0.1) is 11.3 Å². The van der Waals surface area contributed by atoms with Gasteiger partial charge in [-0.05, 0) is 107 Å². The summed E-state index contributed by atoms with van der Waals surface area (Å²) in [6.45, 7) is 7.98. The molecule has 4 amide bonds. The molecule has 0 radical (unpaired) electrons. The van der Waals surface area contributed by atoms with E-state index < -0.39 is 24.7 Å². The molecule has 1 spiro atoms. The molecule has 4 fully saturated rings. The molecule has 8 rings (SSSR count). The highest BCUT2D eigenvalue weighted by Crippen LogP contribution is 2.49. The molecule has 0 aromatic heterocycles. The first-order valence-electron chi connectivity index (χ1n) is 21.9. The van der Waals surface area contributed by atoms with Crippen LogP contribution in [0.25, 0.3) is 0 Å². The molecule has 2 atom stereocenters. The van der Waals surface area contributed by atoms with Gasteiger partial charge in [0.15, 0.2) is 6.29 Å². The summed E-state index contributed by atoms with van der Waals surface area (Å²) in [4.78, 5) is 62.0. The summed E-state index contributed by atoms with van der Waals surface area (Å²) in [5.74, 6) is -3.76. The Morgan fingerprint density at radius 3 is 2.37 bits per heavy atom. The molecule has 5 heterocycles. The summed E-state index contributed by atoms with van der Waals surface area (Å²) in [7, 11) is 4.47. The minimum Gasteiger partial charge on any atom is -0.496 e. The number of methoxy groups -OCH3 is 2. The van der Waals surface area contributed by atoms with E-state index in [1.165, 1.54) is 25.3 Å². The maximum Gasteiger partial charge on any atom is 0.342 e. The van der Waals surface area contributed by atoms with Crippen molar-refractivity contribution in [1.29, 1.82) is 0 Å². The Hall–Kier alpha value is -5.45. The van der Waals surface area contributed by atoms with Crippen LogP contribution in [0.1, 0.15) is 87.1 Å². The molecule has 17 heteroatoms. The number of benzene rings is 2. The Bertz CT molecular complexity index is 2120. The van der Waals surface area contributed by atoms with Gasteiger partial charge in [-0.1, -0.05) is 6.07 Å². The summed E-state index contributed by atoms with van der Waals surface area (Å²) in [6, 6.07) is 11.0. The monoisotopic (exact) mass is 859 g/mol. The van der Waals surface area contributed by atoms with E-state index in [0.717, 1.165) is 87.4 Å². The molecule has 1 saturated carbocycles. The van der Waals surface area contributed by atoms with E-state index in [4.69, 9.17) is 9.47 Å². The van der Waals surface area contributed by atoms with Crippen molar-refractivity contribution in [2.24, 2.45) is 16.3 Å². The third-order valence-corrected chi connectivity index (χ3v) is 13.8. The van der Waals surface area contributed by atoms with Gasteiger partial charge in [0.2, 0.25) is 11.8 Å². The first-order valence-corrected chi connectivity index (χ1v) is 21.9. The van der Waals surface area contributed by atoms with E-state index in [0.29, 0.717) is 47.3 Å². The number of amides is 4. The number of anilines is 2. The van der Waals surface area contributed by atoms with Crippen molar-refractivity contribution in [1.82, 2.24) is 30.7 Å². The van der Waals surface area contributed by atoms with Crippen molar-refractivity contribution >= 4 is 41.2 Å². The van der Waals surface area contributed by atoms with Crippen LogP contribution in [-0.4, -0.2) is 129 Å². The number of likely N-dealkylation sites (tertiary alicyclic amines) is 1. The summed E-state index contributed by atoms with van der Waals surface area (Å²) in [5, 5.41) is 12.1. The van der Waals surface area contributed by atoms with Crippen molar-refractivity contribution in [3.8, 4) is 11.5 Å². The molecule has 2 aromatic carbocycles. The van der Waals surface area contributed by atoms with E-state index in [1.807, 2.05) is 12.1 Å². The lowest BCUT2D eigenvalue weighted by Gasteiger charge is -2.52. The second kappa shape index (κ2) is 17.4. The minimum atomic E-state index is -3.57. The predicted molar refractivity (Wildman–Crippen MR) is 230 cm³/mol. The van der Waals surface area contributed by atoms with Gasteiger partial charge in [-0.25, -0.2) is 4.99 Å². The molecule has 2 unspecified atom stereocenters. The molecule has 4 N–H and O–H groups in total. The first-order chi connectivity index (χ1) is 29.7. The van der Waals surface area contributed by atoms with Crippen LogP contribution < -0.4 is 35.6 Å². The van der Waals surface area contributed by atoms with Crippen LogP contribution in [0.15, 0.2) is 52.9 Å². The third kappa shape index (κ3) is 8.77. The summed E-state index contributed by atoms with van der Waals surface area (Å²) < 4.78 is 41.0. The van der Waals surface area contributed by atoms with E-state index >= 15 is 0 Å². The van der Waals surface area contributed by atoms with Crippen molar-refractivity contribution in [2.75, 3.05) is 70.8 Å². The van der Waals surface area contributed by atoms with Gasteiger partial charge in [-0.15, -0.1) is 0 Å². The van der Waals surface area contributed by atoms with Crippen LogP contribution in [0.5, 0.6) is 11.5 Å². The van der Waals surface area contributed by atoms with Crippen molar-refractivity contribution in [3.63, 3.8) is 0 Å². The standard InChI is InChI=1S/C45H59F2N9O6/c1-27(2)56-26-45(46,47)42(60)53(3)35-24-48-43(52-39(35)56)50-34-10-6-29(20-37(34)62-5)40(58)49-30-22-44(23-30)14-18-54(19-15-44)25-28-12-16-55(17-13-28)31-7-8-32(36(21-31)61-4)33-9-11-38(57)51-41(33)59/h6-8,10,20-21,24,27-28,30,33,43,50,52H,9,11-19,22-23,25-26H2,1-5H3,(H,49,58)(H,51,57,59). The normalized spacial score (nSPS) is 24.3. The largest absolute Gasteiger partial charge is 0.496 e. The number of nitrogens with zero attached hydrogens (tertiary/aromatic N) is 5. The maximum absolute atomic E-state index is 14.8. The highest BCUT2D eigenvalue weighted by atomic mass is 19.3. The zero-order valence-corrected chi connectivity index (χ0v) is 36.3. The number of hydrogen-bond acceptors (Lipinski definition) is 12. The molecule has 3 saturated heterocycles. The molecule has 2 aromatic rings. The fraction of sp³-hybridized carbons (Fsp3) is 0.578. The number of alkyl halides is 2. The van der Waals surface area contributed by atoms with Crippen LogP contribution in [0.2, 0.25) is 0 Å². The molecule has 15 nitrogen and oxygen atoms in total. The first kappa shape index (κ1) is 43.2. The Morgan fingerprint density at radius 1 is 0.968 bits per heavy atom. The van der Waals surface area contributed by atoms with Gasteiger partial charge >= 0.3 is 5.92 Å². The van der Waals surface area contributed by atoms with Gasteiger partial charge in [0.25, 0.3) is 11.8 Å². The predicted octanol–water partition coefficient (Wildman–Crippen LogP) is 4.47. The fourth-order valence-corrected chi connectivity index (χ4v) is 10.1. The highest BCUT2D eigenvalue weighted by molar-refractivity contribution is 6.01. The minimum absolute atomic E-state index is 0.114. The second-order valence-corrected chi connectivity index (χ2v) is 18.1. The number of ether oxygens (including phenoxy) is 2. The van der Waals surface area contributed by atoms with E-state index in [2.05, 4.69) is 42.1 Å². The lowest BCUT2D eigenvalue weighted by molar-refractivity contribution is -0.154. The topological polar surface area (TPSA) is 160 Å². The molecule has 1 aliphatic carbocycles. The van der Waals surface area contributed by atoms with Crippen molar-refractivity contribution < 1.29 is 37.4 Å². The summed E-state index contributed by atoms with van der Waals surface area (Å²) in [6.07, 6.45) is 7.91. The molecule has 5 aliphatic heterocycles. The Kier molecular flexibility index (Phi) is 12.1. The van der Waals surface area contributed by atoms with Gasteiger partial charge < -0.3 is 45.0 Å². The number of halogens is 2. The van der Waals surface area contributed by atoms with Crippen molar-refractivity contribution in [2.45, 2.75) is 95.4 Å². The van der Waals surface area contributed by atoms with Crippen LogP contribution in [0.4, 0.5) is 20.2 Å². The van der Waals surface area contributed by atoms with Gasteiger partial charge in [0.1, 0.15) is 23.0 Å². The Balaban J connectivity index is 0.780. The molecule has 334 valence electrons. The lowest BCUT2D eigenvalue weighted by Crippen LogP contribution is -2.55. The van der Waals surface area contributed by atoms with Gasteiger partial charge in [-0.3, -0.25) is 24.5 Å². The molecule has 0 bridgehead atoms. The average Bonchev–Trinajstić information content (AvgIpc) is 3.32. The summed E-state index contributed by atoms with van der Waals surface area (Å²) in [5.41, 5.74) is 3.47. The zero-order chi connectivity index (χ0) is 43.9. The van der Waals surface area contributed by atoms with E-state index in [1.54, 1.807) is 39.2 Å². The SMILES string of the molecule is COc1cc(C(=O)NC2CC3(CCN(CC4CCN(c5ccc(C6CCC(=O)NC6=O)c(OC)c5)CC4)CC3)C2)ccc1NC1N=CC2=C(N1)N(C(C)C)CC(F)(F)C(=O)N2C. The molecule has 62 heavy (non-hydrogen) atoms. The number of rotatable bonds is 11. The number of nitrogens with one attached hydrogen (secondary N) is 4. The average molecular weight is 860 g/mol. The van der Waals surface area contributed by atoms with Gasteiger partial charge in [-0.2, -0.15) is 8.78 Å². The number of allylic oxidation sites excluding steroid dienone is 1. The smallest absolute Gasteiger partial charge is 0.342 e. The number of aliphatic imine (C=N–C) groups is 1. The Morgan fingerprint density at radius 2 is 1.69 bits per heavy atom. The Labute approximate surface area is 361 Å². The fourth-order valence-electron chi connectivity index (χ4n) is 10.1. The second-order valence-electron chi connectivity index (χ2n) is 18.1. The molecule has 6 aliphatic rings.